The van der Waals surface area contributed by atoms with Crippen LogP contribution < -0.4 is 0 Å². The Morgan fingerprint density at radius 1 is 1.33 bits per heavy atom. The molecule has 0 aromatic rings. The third kappa shape index (κ3) is 26800. The van der Waals surface area contributed by atoms with Gasteiger partial charge in [-0.05, 0) is 0 Å². The molecule has 8 heteroatoms. The second kappa shape index (κ2) is 8.11. The maximum atomic E-state index is 8.52. The summed E-state index contributed by atoms with van der Waals surface area (Å²) >= 11 is 0. The molecule has 0 saturated heterocycles. The third-order valence-electron chi connectivity index (χ3n) is 0. The summed E-state index contributed by atoms with van der Waals surface area (Å²) in [5.41, 5.74) is 0. The third-order valence-corrected chi connectivity index (χ3v) is 0. The molecule has 0 radical (unpaired) electrons. The van der Waals surface area contributed by atoms with E-state index in [-0.39, 0.29) is 29.5 Å². The zero-order valence-electron chi connectivity index (χ0n) is 4.18. The standard InChI is InChI=1S/CH2O2.Mg.H2O4S/c2-1-3;;1-5(2,3)4/h1H,(H,2,3);;(H2,1,2,3,4)/q;+2;/p-2. The van der Waals surface area contributed by atoms with Crippen molar-refractivity contribution in [2.75, 3.05) is 0 Å². The predicted octanol–water partition coefficient (Wildman–Crippen LogP) is -2.02. The van der Waals surface area contributed by atoms with Crippen LogP contribution in [0, 0.1) is 0 Å². The van der Waals surface area contributed by atoms with Gasteiger partial charge in [-0.25, -0.2) is 0 Å². The second-order valence-corrected chi connectivity index (χ2v) is 1.33. The van der Waals surface area contributed by atoms with E-state index in [2.05, 4.69) is 0 Å². The van der Waals surface area contributed by atoms with Crippen LogP contribution in [0.3, 0.4) is 0 Å². The first kappa shape index (κ1) is 16.0. The van der Waals surface area contributed by atoms with E-state index in [4.69, 9.17) is 27.4 Å². The van der Waals surface area contributed by atoms with Gasteiger partial charge in [-0.2, -0.15) is 0 Å². The number of carboxylic acid groups (broad SMARTS) is 1. The molecule has 0 aliphatic carbocycles. The van der Waals surface area contributed by atoms with E-state index in [0.717, 1.165) is 0 Å². The van der Waals surface area contributed by atoms with Crippen molar-refractivity contribution in [2.45, 2.75) is 0 Å². The predicted molar refractivity (Wildman–Crippen MR) is 24.9 cm³/mol. The molecule has 9 heavy (non-hydrogen) atoms. The van der Waals surface area contributed by atoms with Crippen molar-refractivity contribution >= 4 is 39.9 Å². The molecule has 0 atom stereocenters. The molecule has 0 aliphatic heterocycles. The van der Waals surface area contributed by atoms with Gasteiger partial charge in [-0.15, -0.1) is 0 Å². The van der Waals surface area contributed by atoms with Crippen molar-refractivity contribution in [2.24, 2.45) is 0 Å². The zero-order chi connectivity index (χ0) is 7.21. The van der Waals surface area contributed by atoms with Gasteiger partial charge in [-0.1, -0.05) is 0 Å². The minimum absolute atomic E-state index is 0. The fourth-order valence-corrected chi connectivity index (χ4v) is 0. The van der Waals surface area contributed by atoms with E-state index in [9.17, 15) is 0 Å². The van der Waals surface area contributed by atoms with Gasteiger partial charge in [0.2, 0.25) is 0 Å². The van der Waals surface area contributed by atoms with E-state index < -0.39 is 10.4 Å². The molecule has 0 aromatic carbocycles. The molecular weight excluding hydrogens is 164 g/mol. The van der Waals surface area contributed by atoms with Crippen LogP contribution in [0.5, 0.6) is 0 Å². The van der Waals surface area contributed by atoms with E-state index >= 15 is 0 Å². The molecule has 0 rings (SSSR count). The Bertz CT molecular complexity index is 127. The minimum atomic E-state index is -5.17. The fourth-order valence-electron chi connectivity index (χ4n) is 0. The number of carbonyl (C=O) groups is 1. The SMILES string of the molecule is O=CO.O=S(=O)([O-])[O-].[Mg+2]. The first-order valence-electron chi connectivity index (χ1n) is 1.16. The zero-order valence-corrected chi connectivity index (χ0v) is 6.41. The van der Waals surface area contributed by atoms with Crippen LogP contribution in [0.1, 0.15) is 0 Å². The number of hydrogen-bond donors (Lipinski definition) is 1. The number of hydrogen-bond acceptors (Lipinski definition) is 5. The first-order valence-corrected chi connectivity index (χ1v) is 2.49. The van der Waals surface area contributed by atoms with Gasteiger partial charge in [0.05, 0.1) is 0 Å². The van der Waals surface area contributed by atoms with Crippen molar-refractivity contribution in [3.05, 3.63) is 0 Å². The summed E-state index contributed by atoms with van der Waals surface area (Å²) in [7, 11) is -5.17. The van der Waals surface area contributed by atoms with Gasteiger partial charge in [0.25, 0.3) is 6.47 Å². The Labute approximate surface area is 67.6 Å². The second-order valence-electron chi connectivity index (χ2n) is 0.514. The monoisotopic (exact) mass is 166 g/mol. The maximum absolute atomic E-state index is 8.52. The molecule has 0 fully saturated rings. The van der Waals surface area contributed by atoms with Crippen LogP contribution in [0.25, 0.3) is 0 Å². The van der Waals surface area contributed by atoms with Crippen LogP contribution in [0.2, 0.25) is 0 Å². The molecule has 50 valence electrons. The van der Waals surface area contributed by atoms with Gasteiger partial charge >= 0.3 is 23.1 Å². The Morgan fingerprint density at radius 3 is 1.33 bits per heavy atom. The summed E-state index contributed by atoms with van der Waals surface area (Å²) in [6.45, 7) is -0.250. The molecule has 0 bridgehead atoms. The molecular formula is CH2MgO6S. The Hall–Kier alpha value is 0.106. The number of rotatable bonds is 0. The average Bonchev–Trinajstić information content (AvgIpc) is 1.27. The molecule has 0 aromatic heterocycles. The van der Waals surface area contributed by atoms with Gasteiger partial charge in [-0.3, -0.25) is 13.2 Å². The van der Waals surface area contributed by atoms with Crippen LogP contribution in [0.15, 0.2) is 0 Å². The van der Waals surface area contributed by atoms with Crippen LogP contribution >= 0.6 is 0 Å². The Balaban J connectivity index is -0.0000000800. The van der Waals surface area contributed by atoms with Crippen LogP contribution in [-0.2, 0) is 15.2 Å². The topological polar surface area (TPSA) is 118 Å². The molecule has 6 nitrogen and oxygen atoms in total. The summed E-state index contributed by atoms with van der Waals surface area (Å²) in [4.78, 5) is 8.36. The van der Waals surface area contributed by atoms with Crippen molar-refractivity contribution in [3.63, 3.8) is 0 Å². The summed E-state index contributed by atoms with van der Waals surface area (Å²) in [6.07, 6.45) is 0. The largest absolute Gasteiger partial charge is 2.00 e. The molecule has 0 spiro atoms. The summed E-state index contributed by atoms with van der Waals surface area (Å²) in [5, 5.41) is 6.89. The van der Waals surface area contributed by atoms with E-state index in [1.54, 1.807) is 0 Å². The first-order chi connectivity index (χ1) is 3.41. The normalized spacial score (nSPS) is 7.78. The molecule has 0 heterocycles. The Kier molecular flexibility index (Phi) is 14.5. The molecule has 0 aliphatic rings. The van der Waals surface area contributed by atoms with Crippen molar-refractivity contribution < 1.29 is 27.4 Å². The van der Waals surface area contributed by atoms with Crippen molar-refractivity contribution in [3.8, 4) is 0 Å². The molecule has 0 amide bonds. The van der Waals surface area contributed by atoms with E-state index in [1.165, 1.54) is 0 Å². The van der Waals surface area contributed by atoms with Gasteiger partial charge in [0.1, 0.15) is 0 Å². The quantitative estimate of drug-likeness (QED) is 0.192. The maximum Gasteiger partial charge on any atom is 2.00 e. The van der Waals surface area contributed by atoms with Crippen LogP contribution in [-0.4, -0.2) is 52.2 Å². The van der Waals surface area contributed by atoms with Crippen LogP contribution in [0.4, 0.5) is 0 Å². The summed E-state index contributed by atoms with van der Waals surface area (Å²) in [6, 6.07) is 0. The average molecular weight is 166 g/mol. The van der Waals surface area contributed by atoms with E-state index in [1.807, 2.05) is 0 Å². The summed E-state index contributed by atoms with van der Waals surface area (Å²) < 4.78 is 34.1. The molecule has 0 saturated carbocycles. The minimum Gasteiger partial charge on any atom is -0.759 e. The molecule has 1 N–H and O–H groups in total. The van der Waals surface area contributed by atoms with Gasteiger partial charge < -0.3 is 14.2 Å². The smallest absolute Gasteiger partial charge is 0.759 e. The molecule has 0 unspecified atom stereocenters. The van der Waals surface area contributed by atoms with E-state index in [0.29, 0.717) is 0 Å². The van der Waals surface area contributed by atoms with Crippen molar-refractivity contribution in [1.29, 1.82) is 0 Å². The summed E-state index contributed by atoms with van der Waals surface area (Å²) in [5.74, 6) is 0. The fraction of sp³-hybridized carbons (Fsp3) is 0. The Morgan fingerprint density at radius 2 is 1.33 bits per heavy atom. The van der Waals surface area contributed by atoms with Gasteiger partial charge in [0, 0.05) is 10.4 Å². The van der Waals surface area contributed by atoms with Crippen molar-refractivity contribution in [1.82, 2.24) is 0 Å². The van der Waals surface area contributed by atoms with Gasteiger partial charge in [0.15, 0.2) is 0 Å².